The third kappa shape index (κ3) is 5.75. The third-order valence-electron chi connectivity index (χ3n) is 4.68. The fraction of sp³-hybridized carbons (Fsp3) is 0.579. The Morgan fingerprint density at radius 1 is 1.16 bits per heavy atom. The lowest BCUT2D eigenvalue weighted by molar-refractivity contribution is -0.132. The van der Waals surface area contributed by atoms with Gasteiger partial charge in [0.1, 0.15) is 0 Å². The summed E-state index contributed by atoms with van der Waals surface area (Å²) in [5, 5.41) is 2.98. The van der Waals surface area contributed by atoms with Crippen molar-refractivity contribution < 1.29 is 9.59 Å². The van der Waals surface area contributed by atoms with E-state index in [0.717, 1.165) is 31.7 Å². The molecule has 5 nitrogen and oxygen atoms in total. The van der Waals surface area contributed by atoms with Gasteiger partial charge in [-0.1, -0.05) is 30.3 Å². The maximum absolute atomic E-state index is 12.6. The van der Waals surface area contributed by atoms with Gasteiger partial charge in [-0.05, 0) is 25.3 Å². The molecule has 1 saturated carbocycles. The fourth-order valence-corrected chi connectivity index (χ4v) is 3.88. The highest BCUT2D eigenvalue weighted by Crippen LogP contribution is 2.20. The minimum atomic E-state index is -0.0371. The second-order valence-electron chi connectivity index (χ2n) is 6.88. The van der Waals surface area contributed by atoms with Gasteiger partial charge in [0.2, 0.25) is 11.8 Å². The second kappa shape index (κ2) is 8.72. The second-order valence-corrected chi connectivity index (χ2v) is 8.21. The van der Waals surface area contributed by atoms with E-state index in [0.29, 0.717) is 25.7 Å². The molecule has 1 aromatic carbocycles. The summed E-state index contributed by atoms with van der Waals surface area (Å²) in [6.07, 6.45) is 2.24. The molecule has 1 aliphatic heterocycles. The van der Waals surface area contributed by atoms with Crippen LogP contribution in [0.25, 0.3) is 0 Å². The number of thioether (sulfide) groups is 1. The van der Waals surface area contributed by atoms with E-state index >= 15 is 0 Å². The van der Waals surface area contributed by atoms with Crippen LogP contribution in [0.3, 0.4) is 0 Å². The van der Waals surface area contributed by atoms with Crippen molar-refractivity contribution in [2.45, 2.75) is 36.8 Å². The van der Waals surface area contributed by atoms with Gasteiger partial charge in [-0.3, -0.25) is 14.5 Å². The number of hydrogen-bond donors (Lipinski definition) is 1. The molecule has 1 heterocycles. The Bertz CT molecular complexity index is 584. The molecule has 2 aliphatic rings. The lowest BCUT2D eigenvalue weighted by Gasteiger charge is -2.35. The summed E-state index contributed by atoms with van der Waals surface area (Å²) in [6, 6.07) is 10.7. The van der Waals surface area contributed by atoms with E-state index < -0.39 is 0 Å². The van der Waals surface area contributed by atoms with Crippen LogP contribution in [0, 0.1) is 0 Å². The summed E-state index contributed by atoms with van der Waals surface area (Å²) in [5.74, 6) is 1.19. The Morgan fingerprint density at radius 2 is 1.84 bits per heavy atom. The first-order chi connectivity index (χ1) is 12.1. The highest BCUT2D eigenvalue weighted by Gasteiger charge is 2.27. The van der Waals surface area contributed by atoms with Crippen molar-refractivity contribution in [1.82, 2.24) is 15.1 Å². The fourth-order valence-electron chi connectivity index (χ4n) is 2.95. The van der Waals surface area contributed by atoms with Crippen molar-refractivity contribution in [3.8, 4) is 0 Å². The summed E-state index contributed by atoms with van der Waals surface area (Å²) < 4.78 is 0. The van der Waals surface area contributed by atoms with E-state index in [2.05, 4.69) is 22.3 Å². The maximum atomic E-state index is 12.6. The first-order valence-corrected chi connectivity index (χ1v) is 10.1. The summed E-state index contributed by atoms with van der Waals surface area (Å²) >= 11 is 1.69. The van der Waals surface area contributed by atoms with E-state index in [9.17, 15) is 9.59 Å². The molecular weight excluding hydrogens is 334 g/mol. The molecule has 0 aromatic heterocycles. The molecule has 2 fully saturated rings. The molecule has 1 unspecified atom stereocenters. The predicted octanol–water partition coefficient (Wildman–Crippen LogP) is 1.73. The van der Waals surface area contributed by atoms with Crippen molar-refractivity contribution in [2.24, 2.45) is 0 Å². The van der Waals surface area contributed by atoms with Crippen molar-refractivity contribution >= 4 is 23.6 Å². The number of amides is 2. The van der Waals surface area contributed by atoms with E-state index in [1.54, 1.807) is 11.8 Å². The molecule has 25 heavy (non-hydrogen) atoms. The largest absolute Gasteiger partial charge is 0.352 e. The van der Waals surface area contributed by atoms with Crippen molar-refractivity contribution in [2.75, 3.05) is 32.7 Å². The van der Waals surface area contributed by atoms with Crippen LogP contribution in [-0.4, -0.2) is 65.6 Å². The van der Waals surface area contributed by atoms with Crippen molar-refractivity contribution in [1.29, 1.82) is 0 Å². The summed E-state index contributed by atoms with van der Waals surface area (Å²) in [6.45, 7) is 5.43. The van der Waals surface area contributed by atoms with Crippen LogP contribution >= 0.6 is 11.8 Å². The van der Waals surface area contributed by atoms with Gasteiger partial charge in [-0.25, -0.2) is 0 Å². The molecule has 1 saturated heterocycles. The Morgan fingerprint density at radius 3 is 2.48 bits per heavy atom. The minimum Gasteiger partial charge on any atom is -0.352 e. The molecule has 2 amide bonds. The average molecular weight is 362 g/mol. The van der Waals surface area contributed by atoms with Crippen molar-refractivity contribution in [3.05, 3.63) is 35.9 Å². The third-order valence-corrected chi connectivity index (χ3v) is 5.89. The molecule has 0 radical (unpaired) electrons. The number of rotatable bonds is 7. The number of nitrogens with one attached hydrogen (secondary N) is 1. The van der Waals surface area contributed by atoms with E-state index in [1.807, 2.05) is 30.0 Å². The molecular formula is C19H27N3O2S. The van der Waals surface area contributed by atoms with E-state index in [4.69, 9.17) is 0 Å². The molecule has 136 valence electrons. The maximum Gasteiger partial charge on any atom is 0.235 e. The van der Waals surface area contributed by atoms with Crippen molar-refractivity contribution in [3.63, 3.8) is 0 Å². The van der Waals surface area contributed by atoms with Gasteiger partial charge >= 0.3 is 0 Å². The van der Waals surface area contributed by atoms with Gasteiger partial charge in [0.25, 0.3) is 0 Å². The first-order valence-electron chi connectivity index (χ1n) is 9.08. The molecule has 0 bridgehead atoms. The number of carbonyl (C=O) groups excluding carboxylic acids is 2. The van der Waals surface area contributed by atoms with Gasteiger partial charge in [0.05, 0.1) is 11.8 Å². The monoisotopic (exact) mass is 361 g/mol. The summed E-state index contributed by atoms with van der Waals surface area (Å²) in [5.41, 5.74) is 1.25. The molecule has 1 aromatic rings. The molecule has 6 heteroatoms. The van der Waals surface area contributed by atoms with Crippen LogP contribution in [0.4, 0.5) is 0 Å². The summed E-state index contributed by atoms with van der Waals surface area (Å²) in [7, 11) is 0. The Balaban J connectivity index is 1.37. The zero-order valence-corrected chi connectivity index (χ0v) is 15.6. The van der Waals surface area contributed by atoms with Crippen LogP contribution < -0.4 is 5.32 Å². The normalized spacial score (nSPS) is 19.5. The van der Waals surface area contributed by atoms with Gasteiger partial charge in [-0.15, -0.1) is 11.8 Å². The van der Waals surface area contributed by atoms with Crippen LogP contribution in [0.15, 0.2) is 30.3 Å². The number of benzene rings is 1. The highest BCUT2D eigenvalue weighted by atomic mass is 32.2. The zero-order valence-electron chi connectivity index (χ0n) is 14.8. The number of carbonyl (C=O) groups is 2. The lowest BCUT2D eigenvalue weighted by Crippen LogP contribution is -2.52. The Labute approximate surface area is 154 Å². The predicted molar refractivity (Wildman–Crippen MR) is 101 cm³/mol. The van der Waals surface area contributed by atoms with Gasteiger partial charge in [0, 0.05) is 38.0 Å². The topological polar surface area (TPSA) is 52.7 Å². The van der Waals surface area contributed by atoms with Crippen LogP contribution in [-0.2, 0) is 15.3 Å². The zero-order chi connectivity index (χ0) is 17.6. The molecule has 0 spiro atoms. The summed E-state index contributed by atoms with van der Waals surface area (Å²) in [4.78, 5) is 28.6. The standard InChI is InChI=1S/C19H27N3O2S/c1-15(25-14-16-5-3-2-4-6-16)19(24)22-11-9-21(10-12-22)13-18(23)20-17-7-8-17/h2-6,15,17H,7-14H2,1H3,(H,20,23). The lowest BCUT2D eigenvalue weighted by atomic mass is 10.2. The first kappa shape index (κ1) is 18.3. The van der Waals surface area contributed by atoms with Gasteiger partial charge < -0.3 is 10.2 Å². The number of hydrogen-bond acceptors (Lipinski definition) is 4. The Hall–Kier alpha value is -1.53. The number of nitrogens with zero attached hydrogens (tertiary/aromatic N) is 2. The van der Waals surface area contributed by atoms with Gasteiger partial charge in [0.15, 0.2) is 0 Å². The molecule has 1 atom stereocenters. The van der Waals surface area contributed by atoms with E-state index in [1.165, 1.54) is 5.56 Å². The van der Waals surface area contributed by atoms with Crippen LogP contribution in [0.2, 0.25) is 0 Å². The molecule has 3 rings (SSSR count). The minimum absolute atomic E-state index is 0.0371. The van der Waals surface area contributed by atoms with Crippen LogP contribution in [0.5, 0.6) is 0 Å². The Kier molecular flexibility index (Phi) is 6.37. The van der Waals surface area contributed by atoms with E-state index in [-0.39, 0.29) is 17.1 Å². The quantitative estimate of drug-likeness (QED) is 0.804. The molecule has 1 N–H and O–H groups in total. The average Bonchev–Trinajstić information content (AvgIpc) is 3.44. The SMILES string of the molecule is CC(SCc1ccccc1)C(=O)N1CCN(CC(=O)NC2CC2)CC1. The van der Waals surface area contributed by atoms with Crippen LogP contribution in [0.1, 0.15) is 25.3 Å². The highest BCUT2D eigenvalue weighted by molar-refractivity contribution is 7.99. The smallest absolute Gasteiger partial charge is 0.235 e. The van der Waals surface area contributed by atoms with Gasteiger partial charge in [-0.2, -0.15) is 0 Å². The number of piperazine rings is 1. The molecule has 1 aliphatic carbocycles.